The Morgan fingerprint density at radius 1 is 1.00 bits per heavy atom. The molecular formula is C19H17FN4S. The Kier molecular flexibility index (Phi) is 5.64. The molecule has 0 aliphatic heterocycles. The van der Waals surface area contributed by atoms with Crippen LogP contribution >= 0.6 is 12.2 Å². The molecule has 4 nitrogen and oxygen atoms in total. The minimum absolute atomic E-state index is 0.280. The van der Waals surface area contributed by atoms with Crippen LogP contribution in [0.5, 0.6) is 0 Å². The van der Waals surface area contributed by atoms with Gasteiger partial charge >= 0.3 is 0 Å². The maximum Gasteiger partial charge on any atom is 0.174 e. The second-order valence-electron chi connectivity index (χ2n) is 5.48. The van der Waals surface area contributed by atoms with Gasteiger partial charge in [0, 0.05) is 30.8 Å². The number of rotatable bonds is 5. The van der Waals surface area contributed by atoms with E-state index in [1.54, 1.807) is 24.5 Å². The number of pyridine rings is 2. The second kappa shape index (κ2) is 8.30. The summed E-state index contributed by atoms with van der Waals surface area (Å²) in [7, 11) is 0. The fourth-order valence-corrected chi connectivity index (χ4v) is 2.58. The minimum atomic E-state index is -0.280. The van der Waals surface area contributed by atoms with E-state index in [2.05, 4.69) is 15.3 Å². The van der Waals surface area contributed by atoms with E-state index in [0.717, 1.165) is 16.9 Å². The first-order chi connectivity index (χ1) is 12.2. The van der Waals surface area contributed by atoms with E-state index in [-0.39, 0.29) is 5.82 Å². The number of nitrogens with one attached hydrogen (secondary N) is 1. The number of halogens is 1. The van der Waals surface area contributed by atoms with Gasteiger partial charge in [0.25, 0.3) is 0 Å². The Hall–Kier alpha value is -2.86. The third-order valence-electron chi connectivity index (χ3n) is 3.56. The molecule has 0 spiro atoms. The van der Waals surface area contributed by atoms with Gasteiger partial charge in [0.2, 0.25) is 0 Å². The Bertz CT molecular complexity index is 768. The lowest BCUT2D eigenvalue weighted by molar-refractivity contribution is 0.407. The zero-order chi connectivity index (χ0) is 17.5. The lowest BCUT2D eigenvalue weighted by Crippen LogP contribution is -2.34. The molecule has 25 heavy (non-hydrogen) atoms. The summed E-state index contributed by atoms with van der Waals surface area (Å²) in [5.41, 5.74) is 2.69. The first kappa shape index (κ1) is 17.0. The van der Waals surface area contributed by atoms with E-state index in [9.17, 15) is 4.39 Å². The highest BCUT2D eigenvalue weighted by molar-refractivity contribution is 7.80. The van der Waals surface area contributed by atoms with E-state index >= 15 is 0 Å². The molecule has 6 heteroatoms. The van der Waals surface area contributed by atoms with Crippen molar-refractivity contribution in [3.63, 3.8) is 0 Å². The summed E-state index contributed by atoms with van der Waals surface area (Å²) in [4.78, 5) is 10.5. The average molecular weight is 352 g/mol. The van der Waals surface area contributed by atoms with Crippen LogP contribution in [-0.4, -0.2) is 20.0 Å². The molecule has 0 saturated heterocycles. The molecule has 0 saturated carbocycles. The van der Waals surface area contributed by atoms with Gasteiger partial charge in [0.15, 0.2) is 5.11 Å². The Balaban J connectivity index is 1.76. The number of nitrogens with zero attached hydrogens (tertiary/aromatic N) is 3. The fourth-order valence-electron chi connectivity index (χ4n) is 2.33. The Labute approximate surface area is 151 Å². The molecule has 1 N–H and O–H groups in total. The van der Waals surface area contributed by atoms with Crippen LogP contribution in [0.2, 0.25) is 0 Å². The molecule has 2 heterocycles. The van der Waals surface area contributed by atoms with Crippen molar-refractivity contribution < 1.29 is 4.39 Å². The lowest BCUT2D eigenvalue weighted by atomic mass is 10.2. The average Bonchev–Trinajstić information content (AvgIpc) is 2.65. The van der Waals surface area contributed by atoms with Gasteiger partial charge in [-0.3, -0.25) is 9.97 Å². The van der Waals surface area contributed by atoms with Crippen LogP contribution < -0.4 is 5.32 Å². The van der Waals surface area contributed by atoms with Crippen molar-refractivity contribution in [3.8, 4) is 0 Å². The highest BCUT2D eigenvalue weighted by Gasteiger charge is 2.12. The molecule has 0 bridgehead atoms. The summed E-state index contributed by atoms with van der Waals surface area (Å²) in [5, 5.41) is 3.69. The summed E-state index contributed by atoms with van der Waals surface area (Å²) < 4.78 is 13.1. The number of anilines is 1. The summed E-state index contributed by atoms with van der Waals surface area (Å²) in [6.45, 7) is 1.15. The first-order valence-corrected chi connectivity index (χ1v) is 8.22. The van der Waals surface area contributed by atoms with Crippen LogP contribution in [0.3, 0.4) is 0 Å². The van der Waals surface area contributed by atoms with E-state index in [4.69, 9.17) is 12.2 Å². The van der Waals surface area contributed by atoms with Gasteiger partial charge in [-0.15, -0.1) is 0 Å². The Morgan fingerprint density at radius 3 is 2.52 bits per heavy atom. The van der Waals surface area contributed by atoms with Gasteiger partial charge in [0.1, 0.15) is 5.82 Å². The molecule has 0 radical (unpaired) electrons. The smallest absolute Gasteiger partial charge is 0.174 e. The standard InChI is InChI=1S/C19H17FN4S/c20-16-6-8-17(9-7-16)23-19(25)24(13-15-4-3-10-21-12-15)14-18-5-1-2-11-22-18/h1-12H,13-14H2,(H,23,25). The third-order valence-corrected chi connectivity index (χ3v) is 3.92. The fraction of sp³-hybridized carbons (Fsp3) is 0.105. The zero-order valence-electron chi connectivity index (χ0n) is 13.5. The predicted molar refractivity (Wildman–Crippen MR) is 100 cm³/mol. The van der Waals surface area contributed by atoms with E-state index in [0.29, 0.717) is 18.2 Å². The van der Waals surface area contributed by atoms with Gasteiger partial charge in [-0.25, -0.2) is 4.39 Å². The molecule has 1 aromatic carbocycles. The molecule has 0 amide bonds. The monoisotopic (exact) mass is 352 g/mol. The first-order valence-electron chi connectivity index (χ1n) is 7.81. The van der Waals surface area contributed by atoms with E-state index in [1.165, 1.54) is 12.1 Å². The highest BCUT2D eigenvalue weighted by atomic mass is 32.1. The van der Waals surface area contributed by atoms with Crippen molar-refractivity contribution in [1.29, 1.82) is 0 Å². The van der Waals surface area contributed by atoms with Crippen molar-refractivity contribution in [2.24, 2.45) is 0 Å². The number of thiocarbonyl (C=S) groups is 1. The van der Waals surface area contributed by atoms with Crippen LogP contribution in [0.15, 0.2) is 73.2 Å². The molecule has 2 aromatic heterocycles. The van der Waals surface area contributed by atoms with E-state index < -0.39 is 0 Å². The summed E-state index contributed by atoms with van der Waals surface area (Å²) >= 11 is 5.56. The topological polar surface area (TPSA) is 41.0 Å². The minimum Gasteiger partial charge on any atom is -0.339 e. The third kappa shape index (κ3) is 5.06. The lowest BCUT2D eigenvalue weighted by Gasteiger charge is -2.25. The van der Waals surface area contributed by atoms with E-state index in [1.807, 2.05) is 41.4 Å². The van der Waals surface area contributed by atoms with Crippen molar-refractivity contribution in [2.45, 2.75) is 13.1 Å². The van der Waals surface area contributed by atoms with Crippen molar-refractivity contribution >= 4 is 23.0 Å². The van der Waals surface area contributed by atoms with Gasteiger partial charge in [0.05, 0.1) is 12.2 Å². The van der Waals surface area contributed by atoms with Crippen LogP contribution in [0.4, 0.5) is 10.1 Å². The molecule has 3 rings (SSSR count). The maximum atomic E-state index is 13.1. The maximum absolute atomic E-state index is 13.1. The van der Waals surface area contributed by atoms with Crippen molar-refractivity contribution in [1.82, 2.24) is 14.9 Å². The number of aromatic nitrogens is 2. The predicted octanol–water partition coefficient (Wildman–Crippen LogP) is 4.01. The van der Waals surface area contributed by atoms with Gasteiger partial charge in [-0.1, -0.05) is 12.1 Å². The molecule has 3 aromatic rings. The molecule has 126 valence electrons. The molecule has 0 aliphatic carbocycles. The second-order valence-corrected chi connectivity index (χ2v) is 5.86. The van der Waals surface area contributed by atoms with Gasteiger partial charge in [-0.05, 0) is 60.2 Å². The summed E-state index contributed by atoms with van der Waals surface area (Å²) in [6.07, 6.45) is 5.31. The number of benzene rings is 1. The van der Waals surface area contributed by atoms with Crippen LogP contribution in [0.25, 0.3) is 0 Å². The summed E-state index contributed by atoms with van der Waals surface area (Å²) in [5.74, 6) is -0.280. The molecule has 0 fully saturated rings. The van der Waals surface area contributed by atoms with Crippen LogP contribution in [0.1, 0.15) is 11.3 Å². The molecule has 0 unspecified atom stereocenters. The van der Waals surface area contributed by atoms with Gasteiger partial charge < -0.3 is 10.2 Å². The summed E-state index contributed by atoms with van der Waals surface area (Å²) in [6, 6.07) is 15.8. The largest absolute Gasteiger partial charge is 0.339 e. The van der Waals surface area contributed by atoms with Crippen molar-refractivity contribution in [2.75, 3.05) is 5.32 Å². The highest BCUT2D eigenvalue weighted by Crippen LogP contribution is 2.13. The normalized spacial score (nSPS) is 10.3. The Morgan fingerprint density at radius 2 is 1.84 bits per heavy atom. The van der Waals surface area contributed by atoms with Gasteiger partial charge in [-0.2, -0.15) is 0 Å². The SMILES string of the molecule is Fc1ccc(NC(=S)N(Cc2cccnc2)Cc2ccccn2)cc1. The van der Waals surface area contributed by atoms with Crippen LogP contribution in [-0.2, 0) is 13.1 Å². The molecule has 0 aliphatic rings. The number of hydrogen-bond donors (Lipinski definition) is 1. The molecule has 0 atom stereocenters. The van der Waals surface area contributed by atoms with Crippen molar-refractivity contribution in [3.05, 3.63) is 90.3 Å². The number of hydrogen-bond acceptors (Lipinski definition) is 3. The van der Waals surface area contributed by atoms with Crippen LogP contribution in [0, 0.1) is 5.82 Å². The quantitative estimate of drug-likeness (QED) is 0.703. The zero-order valence-corrected chi connectivity index (χ0v) is 14.3. The molecular weight excluding hydrogens is 335 g/mol.